The van der Waals surface area contributed by atoms with Crippen LogP contribution < -0.4 is 15.0 Å². The third kappa shape index (κ3) is 5.19. The smallest absolute Gasteiger partial charge is 0.193 e. The average Bonchev–Trinajstić information content (AvgIpc) is 3.26. The van der Waals surface area contributed by atoms with Crippen molar-refractivity contribution >= 4 is 11.8 Å². The summed E-state index contributed by atoms with van der Waals surface area (Å²) in [6.45, 7) is 8.96. The van der Waals surface area contributed by atoms with Crippen molar-refractivity contribution in [2.75, 3.05) is 45.2 Å². The van der Waals surface area contributed by atoms with Gasteiger partial charge in [0.05, 0.1) is 7.11 Å². The number of aromatic nitrogens is 1. The molecular formula is C23H33N5O. The van der Waals surface area contributed by atoms with E-state index in [9.17, 15) is 0 Å². The van der Waals surface area contributed by atoms with Gasteiger partial charge in [-0.3, -0.25) is 4.99 Å². The molecule has 3 rings (SSSR count). The molecule has 0 saturated carbocycles. The number of nitrogens with one attached hydrogen (secondary N) is 1. The molecule has 1 aliphatic rings. The Labute approximate surface area is 174 Å². The zero-order chi connectivity index (χ0) is 20.6. The molecule has 1 fully saturated rings. The summed E-state index contributed by atoms with van der Waals surface area (Å²) in [6, 6.07) is 12.7. The largest absolute Gasteiger partial charge is 0.497 e. The molecule has 6 heteroatoms. The molecule has 1 unspecified atom stereocenters. The number of ether oxygens (including phenoxy) is 1. The number of likely N-dealkylation sites (tertiary alicyclic amines) is 1. The summed E-state index contributed by atoms with van der Waals surface area (Å²) >= 11 is 0. The lowest BCUT2D eigenvalue weighted by molar-refractivity contribution is 0.414. The molecule has 0 aliphatic carbocycles. The molecule has 29 heavy (non-hydrogen) atoms. The molecular weight excluding hydrogens is 362 g/mol. The number of rotatable bonds is 7. The summed E-state index contributed by atoms with van der Waals surface area (Å²) in [6.07, 6.45) is 3.09. The minimum atomic E-state index is 0.523. The zero-order valence-corrected chi connectivity index (χ0v) is 18.1. The van der Waals surface area contributed by atoms with Crippen molar-refractivity contribution in [3.8, 4) is 5.75 Å². The van der Waals surface area contributed by atoms with E-state index in [1.807, 2.05) is 25.4 Å². The van der Waals surface area contributed by atoms with Crippen LogP contribution >= 0.6 is 0 Å². The predicted octanol–water partition coefficient (Wildman–Crippen LogP) is 3.50. The second-order valence-electron chi connectivity index (χ2n) is 7.30. The van der Waals surface area contributed by atoms with E-state index < -0.39 is 0 Å². The first kappa shape index (κ1) is 21.0. The van der Waals surface area contributed by atoms with Crippen molar-refractivity contribution in [3.05, 3.63) is 53.7 Å². The van der Waals surface area contributed by atoms with E-state index in [2.05, 4.69) is 63.2 Å². The fraction of sp³-hybridized carbons (Fsp3) is 0.478. The average molecular weight is 396 g/mol. The van der Waals surface area contributed by atoms with Crippen LogP contribution in [0.1, 0.15) is 37.3 Å². The number of hydrogen-bond donors (Lipinski definition) is 1. The SMILES string of the molecule is CCN(CC)c1ccc(CNC(=NC)N2CCC(c3ccc(OC)cc3)C2)cn1. The highest BCUT2D eigenvalue weighted by molar-refractivity contribution is 5.80. The monoisotopic (exact) mass is 395 g/mol. The quantitative estimate of drug-likeness (QED) is 0.574. The Kier molecular flexibility index (Phi) is 7.33. The third-order valence-corrected chi connectivity index (χ3v) is 5.63. The van der Waals surface area contributed by atoms with Gasteiger partial charge in [0.2, 0.25) is 0 Å². The summed E-state index contributed by atoms with van der Waals surface area (Å²) in [4.78, 5) is 13.7. The molecule has 0 spiro atoms. The van der Waals surface area contributed by atoms with Gasteiger partial charge >= 0.3 is 0 Å². The van der Waals surface area contributed by atoms with Gasteiger partial charge in [0, 0.05) is 51.9 Å². The van der Waals surface area contributed by atoms with Crippen molar-refractivity contribution in [1.82, 2.24) is 15.2 Å². The van der Waals surface area contributed by atoms with Gasteiger partial charge in [0.15, 0.2) is 5.96 Å². The Morgan fingerprint density at radius 1 is 1.21 bits per heavy atom. The summed E-state index contributed by atoms with van der Waals surface area (Å²) in [5.74, 6) is 3.41. The molecule has 1 aromatic heterocycles. The molecule has 0 amide bonds. The Morgan fingerprint density at radius 3 is 2.55 bits per heavy atom. The zero-order valence-electron chi connectivity index (χ0n) is 18.1. The minimum absolute atomic E-state index is 0.523. The standard InChI is InChI=1S/C23H33N5O/c1-5-27(6-2)22-12-7-18(15-25-22)16-26-23(24-3)28-14-13-20(17-28)19-8-10-21(29-4)11-9-19/h7-12,15,20H,5-6,13-14,16-17H2,1-4H3,(H,24,26). The summed E-state index contributed by atoms with van der Waals surface area (Å²) in [5, 5.41) is 3.50. The van der Waals surface area contributed by atoms with Crippen LogP contribution in [0, 0.1) is 0 Å². The number of guanidine groups is 1. The van der Waals surface area contributed by atoms with Crippen molar-refractivity contribution < 1.29 is 4.74 Å². The molecule has 1 aromatic carbocycles. The van der Waals surface area contributed by atoms with Crippen LogP contribution in [0.15, 0.2) is 47.6 Å². The van der Waals surface area contributed by atoms with Crippen molar-refractivity contribution in [2.45, 2.75) is 32.7 Å². The van der Waals surface area contributed by atoms with E-state index in [0.717, 1.165) is 62.2 Å². The third-order valence-electron chi connectivity index (χ3n) is 5.63. The first-order valence-electron chi connectivity index (χ1n) is 10.5. The van der Waals surface area contributed by atoms with Crippen LogP contribution in [0.4, 0.5) is 5.82 Å². The van der Waals surface area contributed by atoms with Crippen LogP contribution in [0.2, 0.25) is 0 Å². The predicted molar refractivity (Wildman–Crippen MR) is 120 cm³/mol. The van der Waals surface area contributed by atoms with E-state index >= 15 is 0 Å². The second-order valence-corrected chi connectivity index (χ2v) is 7.30. The Morgan fingerprint density at radius 2 is 1.97 bits per heavy atom. The van der Waals surface area contributed by atoms with Crippen molar-refractivity contribution in [3.63, 3.8) is 0 Å². The maximum Gasteiger partial charge on any atom is 0.193 e. The Balaban J connectivity index is 1.55. The van der Waals surface area contributed by atoms with Gasteiger partial charge in [-0.25, -0.2) is 4.98 Å². The summed E-state index contributed by atoms with van der Waals surface area (Å²) in [7, 11) is 3.55. The molecule has 2 aromatic rings. The fourth-order valence-electron chi connectivity index (χ4n) is 3.87. The van der Waals surface area contributed by atoms with E-state index in [-0.39, 0.29) is 0 Å². The van der Waals surface area contributed by atoms with Gasteiger partial charge in [-0.15, -0.1) is 0 Å². The summed E-state index contributed by atoms with van der Waals surface area (Å²) < 4.78 is 5.27. The number of methoxy groups -OCH3 is 1. The lowest BCUT2D eigenvalue weighted by atomic mass is 9.98. The highest BCUT2D eigenvalue weighted by atomic mass is 16.5. The van der Waals surface area contributed by atoms with Gasteiger partial charge < -0.3 is 19.9 Å². The van der Waals surface area contributed by atoms with E-state index in [4.69, 9.17) is 4.74 Å². The lowest BCUT2D eigenvalue weighted by Crippen LogP contribution is -2.39. The lowest BCUT2D eigenvalue weighted by Gasteiger charge is -2.22. The van der Waals surface area contributed by atoms with Crippen molar-refractivity contribution in [2.24, 2.45) is 4.99 Å². The molecule has 156 valence electrons. The Hall–Kier alpha value is -2.76. The van der Waals surface area contributed by atoms with Crippen LogP contribution in [-0.4, -0.2) is 56.2 Å². The first-order chi connectivity index (χ1) is 14.2. The van der Waals surface area contributed by atoms with Gasteiger partial charge in [-0.05, 0) is 49.6 Å². The van der Waals surface area contributed by atoms with E-state index in [0.29, 0.717) is 5.92 Å². The van der Waals surface area contributed by atoms with Crippen LogP contribution in [-0.2, 0) is 6.54 Å². The number of aliphatic imine (C=N–C) groups is 1. The minimum Gasteiger partial charge on any atom is -0.497 e. The van der Waals surface area contributed by atoms with Crippen molar-refractivity contribution in [1.29, 1.82) is 0 Å². The normalized spacial score (nSPS) is 16.8. The maximum absolute atomic E-state index is 5.27. The molecule has 1 atom stereocenters. The second kappa shape index (κ2) is 10.1. The highest BCUT2D eigenvalue weighted by Crippen LogP contribution is 2.28. The number of anilines is 1. The van der Waals surface area contributed by atoms with Crippen LogP contribution in [0.5, 0.6) is 5.75 Å². The Bertz CT molecular complexity index is 784. The number of benzene rings is 1. The van der Waals surface area contributed by atoms with Gasteiger partial charge in [-0.2, -0.15) is 0 Å². The van der Waals surface area contributed by atoms with Gasteiger partial charge in [0.1, 0.15) is 11.6 Å². The number of nitrogens with zero attached hydrogens (tertiary/aromatic N) is 4. The summed E-state index contributed by atoms with van der Waals surface area (Å²) in [5.41, 5.74) is 2.52. The first-order valence-corrected chi connectivity index (χ1v) is 10.5. The fourth-order valence-corrected chi connectivity index (χ4v) is 3.87. The van der Waals surface area contributed by atoms with Gasteiger partial charge in [-0.1, -0.05) is 18.2 Å². The van der Waals surface area contributed by atoms with Gasteiger partial charge in [0.25, 0.3) is 0 Å². The molecule has 1 aliphatic heterocycles. The molecule has 1 saturated heterocycles. The van der Waals surface area contributed by atoms with Crippen LogP contribution in [0.3, 0.4) is 0 Å². The molecule has 0 radical (unpaired) electrons. The molecule has 6 nitrogen and oxygen atoms in total. The number of pyridine rings is 1. The topological polar surface area (TPSA) is 53.0 Å². The van der Waals surface area contributed by atoms with E-state index in [1.54, 1.807) is 7.11 Å². The van der Waals surface area contributed by atoms with E-state index in [1.165, 1.54) is 5.56 Å². The molecule has 0 bridgehead atoms. The maximum atomic E-state index is 5.27. The molecule has 2 heterocycles. The van der Waals surface area contributed by atoms with Crippen LogP contribution in [0.25, 0.3) is 0 Å². The highest BCUT2D eigenvalue weighted by Gasteiger charge is 2.26. The molecule has 1 N–H and O–H groups in total. The number of hydrogen-bond acceptors (Lipinski definition) is 4.